The number of aryl methyl sites for hydroxylation is 2. The predicted octanol–water partition coefficient (Wildman–Crippen LogP) is 1.89. The first-order valence-electron chi connectivity index (χ1n) is 7.36. The number of aromatic amines is 1. The van der Waals surface area contributed by atoms with Crippen LogP contribution in [0.15, 0.2) is 23.0 Å². The lowest BCUT2D eigenvalue weighted by Gasteiger charge is -2.05. The van der Waals surface area contributed by atoms with Crippen molar-refractivity contribution in [2.75, 3.05) is 0 Å². The topological polar surface area (TPSA) is 127 Å². The molecule has 2 N–H and O–H groups in total. The van der Waals surface area contributed by atoms with Gasteiger partial charge >= 0.3 is 5.69 Å². The molecule has 3 aromatic rings. The third kappa shape index (κ3) is 2.39. The van der Waals surface area contributed by atoms with Gasteiger partial charge in [0, 0.05) is 13.1 Å². The molecule has 3 rings (SSSR count). The Bertz CT molecular complexity index is 1010. The van der Waals surface area contributed by atoms with Crippen LogP contribution in [0.25, 0.3) is 22.4 Å². The van der Waals surface area contributed by atoms with E-state index in [9.17, 15) is 20.0 Å². The van der Waals surface area contributed by atoms with Crippen molar-refractivity contribution >= 4 is 16.7 Å². The SMILES string of the molecule is CCCc1nn(C)c2c(=O)[nH]c(-c3cccc([N+](=O)[O-])c3O)nc12. The number of fused-ring (bicyclic) bond motifs is 1. The number of hydrogen-bond acceptors (Lipinski definition) is 6. The minimum Gasteiger partial charge on any atom is -0.502 e. The van der Waals surface area contributed by atoms with Crippen LogP contribution in [0.2, 0.25) is 0 Å². The first-order valence-corrected chi connectivity index (χ1v) is 7.36. The molecule has 2 aromatic heterocycles. The highest BCUT2D eigenvalue weighted by molar-refractivity contribution is 5.80. The molecule has 0 aliphatic heterocycles. The lowest BCUT2D eigenvalue weighted by molar-refractivity contribution is -0.385. The molecule has 0 fully saturated rings. The van der Waals surface area contributed by atoms with E-state index < -0.39 is 21.9 Å². The number of phenols is 1. The zero-order valence-electron chi connectivity index (χ0n) is 13.1. The molecule has 124 valence electrons. The van der Waals surface area contributed by atoms with Gasteiger partial charge in [-0.1, -0.05) is 19.4 Å². The number of nitro groups is 1. The maximum atomic E-state index is 12.4. The molecule has 2 heterocycles. The number of aromatic nitrogens is 4. The monoisotopic (exact) mass is 329 g/mol. The van der Waals surface area contributed by atoms with Gasteiger partial charge in [0.2, 0.25) is 5.75 Å². The van der Waals surface area contributed by atoms with Crippen molar-refractivity contribution in [3.63, 3.8) is 0 Å². The number of nitrogens with zero attached hydrogens (tertiary/aromatic N) is 4. The molecule has 0 aliphatic carbocycles. The fourth-order valence-corrected chi connectivity index (χ4v) is 2.65. The Labute approximate surface area is 135 Å². The summed E-state index contributed by atoms with van der Waals surface area (Å²) >= 11 is 0. The van der Waals surface area contributed by atoms with Crippen molar-refractivity contribution in [3.8, 4) is 17.1 Å². The van der Waals surface area contributed by atoms with E-state index in [1.807, 2.05) is 6.92 Å². The van der Waals surface area contributed by atoms with Crippen molar-refractivity contribution in [1.82, 2.24) is 19.7 Å². The van der Waals surface area contributed by atoms with Crippen molar-refractivity contribution in [1.29, 1.82) is 0 Å². The Kier molecular flexibility index (Phi) is 3.76. The molecule has 0 saturated carbocycles. The summed E-state index contributed by atoms with van der Waals surface area (Å²) < 4.78 is 1.46. The van der Waals surface area contributed by atoms with Crippen LogP contribution in [0.3, 0.4) is 0 Å². The summed E-state index contributed by atoms with van der Waals surface area (Å²) in [6.45, 7) is 1.99. The maximum Gasteiger partial charge on any atom is 0.311 e. The van der Waals surface area contributed by atoms with Crippen molar-refractivity contribution in [2.24, 2.45) is 7.05 Å². The largest absolute Gasteiger partial charge is 0.502 e. The van der Waals surface area contributed by atoms with Crippen molar-refractivity contribution < 1.29 is 10.0 Å². The third-order valence-electron chi connectivity index (χ3n) is 3.72. The van der Waals surface area contributed by atoms with Crippen LogP contribution in [-0.4, -0.2) is 29.8 Å². The highest BCUT2D eigenvalue weighted by Crippen LogP contribution is 2.35. The average Bonchev–Trinajstić information content (AvgIpc) is 2.84. The Balaban J connectivity index is 2.29. The number of rotatable bonds is 4. The normalized spacial score (nSPS) is 11.1. The lowest BCUT2D eigenvalue weighted by Crippen LogP contribution is -2.12. The number of phenolic OH excluding ortho intramolecular Hbond substituents is 1. The molecule has 0 radical (unpaired) electrons. The quantitative estimate of drug-likeness (QED) is 0.556. The molecule has 9 heteroatoms. The van der Waals surface area contributed by atoms with Gasteiger partial charge in [0.15, 0.2) is 5.52 Å². The minimum absolute atomic E-state index is 0.0686. The average molecular weight is 329 g/mol. The van der Waals surface area contributed by atoms with E-state index in [-0.39, 0.29) is 11.4 Å². The molecule has 0 atom stereocenters. The van der Waals surface area contributed by atoms with Crippen LogP contribution in [0.5, 0.6) is 5.75 Å². The molecular formula is C15H15N5O4. The van der Waals surface area contributed by atoms with Gasteiger partial charge in [0.25, 0.3) is 5.56 Å². The zero-order valence-corrected chi connectivity index (χ0v) is 13.1. The first-order chi connectivity index (χ1) is 11.4. The number of aromatic hydroxyl groups is 1. The molecule has 24 heavy (non-hydrogen) atoms. The van der Waals surface area contributed by atoms with Gasteiger partial charge in [0.1, 0.15) is 11.3 Å². The zero-order chi connectivity index (χ0) is 17.4. The molecule has 0 spiro atoms. The molecular weight excluding hydrogens is 314 g/mol. The Morgan fingerprint density at radius 3 is 2.83 bits per heavy atom. The van der Waals surface area contributed by atoms with Crippen LogP contribution in [-0.2, 0) is 13.5 Å². The van der Waals surface area contributed by atoms with Crippen LogP contribution in [0, 0.1) is 10.1 Å². The Morgan fingerprint density at radius 2 is 2.17 bits per heavy atom. The minimum atomic E-state index is -0.692. The molecule has 0 aliphatic rings. The Hall–Kier alpha value is -3.23. The van der Waals surface area contributed by atoms with Gasteiger partial charge in [0.05, 0.1) is 16.2 Å². The number of H-pyrrole nitrogens is 1. The second kappa shape index (κ2) is 5.76. The molecule has 0 amide bonds. The second-order valence-electron chi connectivity index (χ2n) is 5.36. The second-order valence-corrected chi connectivity index (χ2v) is 5.36. The lowest BCUT2D eigenvalue weighted by atomic mass is 10.1. The number of para-hydroxylation sites is 1. The van der Waals surface area contributed by atoms with E-state index in [1.165, 1.54) is 22.9 Å². The first kappa shape index (κ1) is 15.7. The highest BCUT2D eigenvalue weighted by atomic mass is 16.6. The highest BCUT2D eigenvalue weighted by Gasteiger charge is 2.21. The molecule has 9 nitrogen and oxygen atoms in total. The van der Waals surface area contributed by atoms with E-state index in [0.717, 1.165) is 6.42 Å². The van der Waals surface area contributed by atoms with Gasteiger partial charge in [-0.05, 0) is 12.5 Å². The van der Waals surface area contributed by atoms with E-state index in [1.54, 1.807) is 7.05 Å². The number of benzene rings is 1. The Morgan fingerprint density at radius 1 is 1.42 bits per heavy atom. The van der Waals surface area contributed by atoms with E-state index >= 15 is 0 Å². The van der Waals surface area contributed by atoms with E-state index in [2.05, 4.69) is 15.1 Å². The van der Waals surface area contributed by atoms with Gasteiger partial charge in [-0.25, -0.2) is 4.98 Å². The summed E-state index contributed by atoms with van der Waals surface area (Å²) in [7, 11) is 1.66. The summed E-state index contributed by atoms with van der Waals surface area (Å²) in [6.07, 6.45) is 1.48. The van der Waals surface area contributed by atoms with Crippen molar-refractivity contribution in [2.45, 2.75) is 19.8 Å². The number of hydrogen-bond donors (Lipinski definition) is 2. The standard InChI is InChI=1S/C15H15N5O4/c1-3-5-9-11-12(19(2)18-9)15(22)17-14(16-11)8-6-4-7-10(13(8)21)20(23)24/h4,6-7,21H,3,5H2,1-2H3,(H,16,17,22). The van der Waals surface area contributed by atoms with E-state index in [0.29, 0.717) is 23.1 Å². The van der Waals surface area contributed by atoms with Gasteiger partial charge in [-0.15, -0.1) is 0 Å². The summed E-state index contributed by atoms with van der Waals surface area (Å²) in [5, 5.41) is 25.4. The van der Waals surface area contributed by atoms with E-state index in [4.69, 9.17) is 0 Å². The summed E-state index contributed by atoms with van der Waals surface area (Å²) in [5.41, 5.74) is 0.659. The third-order valence-corrected chi connectivity index (χ3v) is 3.72. The fraction of sp³-hybridized carbons (Fsp3) is 0.267. The smallest absolute Gasteiger partial charge is 0.311 e. The molecule has 1 aromatic carbocycles. The van der Waals surface area contributed by atoms with Crippen LogP contribution < -0.4 is 5.56 Å². The fourth-order valence-electron chi connectivity index (χ4n) is 2.65. The van der Waals surface area contributed by atoms with Crippen LogP contribution >= 0.6 is 0 Å². The predicted molar refractivity (Wildman–Crippen MR) is 86.9 cm³/mol. The van der Waals surface area contributed by atoms with Crippen LogP contribution in [0.1, 0.15) is 19.0 Å². The van der Waals surface area contributed by atoms with Gasteiger partial charge in [-0.2, -0.15) is 5.10 Å². The molecule has 0 bridgehead atoms. The molecule has 0 unspecified atom stereocenters. The number of nitrogens with one attached hydrogen (secondary N) is 1. The van der Waals surface area contributed by atoms with Crippen molar-refractivity contribution in [3.05, 3.63) is 44.4 Å². The summed E-state index contributed by atoms with van der Waals surface area (Å²) in [4.78, 5) is 29.6. The van der Waals surface area contributed by atoms with Gasteiger partial charge < -0.3 is 10.1 Å². The summed E-state index contributed by atoms with van der Waals surface area (Å²) in [6, 6.07) is 4.07. The maximum absolute atomic E-state index is 12.4. The summed E-state index contributed by atoms with van der Waals surface area (Å²) in [5.74, 6) is -0.468. The molecule has 0 saturated heterocycles. The van der Waals surface area contributed by atoms with Crippen LogP contribution in [0.4, 0.5) is 5.69 Å². The number of nitro benzene ring substituents is 1. The van der Waals surface area contributed by atoms with Gasteiger partial charge in [-0.3, -0.25) is 19.6 Å².